The Bertz CT molecular complexity index is 909. The van der Waals surface area contributed by atoms with Crippen LogP contribution < -0.4 is 5.32 Å². The van der Waals surface area contributed by atoms with Gasteiger partial charge in [-0.15, -0.1) is 0 Å². The largest absolute Gasteiger partial charge is 0.353 e. The second-order valence-electron chi connectivity index (χ2n) is 8.06. The summed E-state index contributed by atoms with van der Waals surface area (Å²) >= 11 is 12.3. The lowest BCUT2D eigenvalue weighted by Gasteiger charge is -2.36. The summed E-state index contributed by atoms with van der Waals surface area (Å²) in [5, 5.41) is 4.04. The minimum atomic E-state index is -0.634. The Morgan fingerprint density at radius 2 is 1.80 bits per heavy atom. The van der Waals surface area contributed by atoms with E-state index in [1.807, 2.05) is 13.8 Å². The molecule has 4 nitrogen and oxygen atoms in total. The maximum absolute atomic E-state index is 13.2. The highest BCUT2D eigenvalue weighted by Gasteiger charge is 2.67. The van der Waals surface area contributed by atoms with Crippen LogP contribution in [0.5, 0.6) is 0 Å². The average Bonchev–Trinajstić information content (AvgIpc) is 2.88. The molecule has 1 aromatic carbocycles. The Labute approximate surface area is 157 Å². The SMILES string of the molecule is CC(C)NC(=O)C12CCC(c3nc4cc(Cl)c(Cl)cc4nc31)C2(C)C. The zero-order chi connectivity index (χ0) is 18.1. The molecule has 1 N–H and O–H groups in total. The average molecular weight is 378 g/mol. The second-order valence-corrected chi connectivity index (χ2v) is 8.87. The van der Waals surface area contributed by atoms with Gasteiger partial charge in [0, 0.05) is 12.0 Å². The first-order valence-electron chi connectivity index (χ1n) is 8.66. The molecular weight excluding hydrogens is 357 g/mol. The van der Waals surface area contributed by atoms with Crippen LogP contribution in [0.3, 0.4) is 0 Å². The Balaban J connectivity index is 1.97. The monoisotopic (exact) mass is 377 g/mol. The molecular formula is C19H21Cl2N3O. The van der Waals surface area contributed by atoms with Gasteiger partial charge in [0.05, 0.1) is 37.9 Å². The van der Waals surface area contributed by atoms with Gasteiger partial charge >= 0.3 is 0 Å². The molecule has 0 saturated heterocycles. The second kappa shape index (κ2) is 5.31. The van der Waals surface area contributed by atoms with E-state index in [0.29, 0.717) is 15.6 Å². The van der Waals surface area contributed by atoms with E-state index in [-0.39, 0.29) is 23.3 Å². The minimum absolute atomic E-state index is 0.0578. The van der Waals surface area contributed by atoms with Gasteiger partial charge in [-0.3, -0.25) is 4.79 Å². The first kappa shape index (κ1) is 17.0. The molecule has 2 aromatic rings. The van der Waals surface area contributed by atoms with E-state index in [1.165, 1.54) is 0 Å². The van der Waals surface area contributed by atoms with Gasteiger partial charge in [-0.2, -0.15) is 0 Å². The Kier molecular flexibility index (Phi) is 3.62. The lowest BCUT2D eigenvalue weighted by atomic mass is 9.67. The molecule has 2 aliphatic rings. The molecule has 1 amide bonds. The van der Waals surface area contributed by atoms with Crippen LogP contribution in [0.15, 0.2) is 12.1 Å². The number of nitrogens with zero attached hydrogens (tertiary/aromatic N) is 2. The summed E-state index contributed by atoms with van der Waals surface area (Å²) in [6.07, 6.45) is 1.75. The van der Waals surface area contributed by atoms with Crippen molar-refractivity contribution in [2.45, 2.75) is 57.9 Å². The van der Waals surface area contributed by atoms with E-state index < -0.39 is 5.41 Å². The summed E-state index contributed by atoms with van der Waals surface area (Å²) in [4.78, 5) is 23.0. The summed E-state index contributed by atoms with van der Waals surface area (Å²) in [5.74, 6) is 0.286. The van der Waals surface area contributed by atoms with Crippen molar-refractivity contribution < 1.29 is 4.79 Å². The molecule has 6 heteroatoms. The van der Waals surface area contributed by atoms with Crippen LogP contribution in [0.4, 0.5) is 0 Å². The summed E-state index contributed by atoms with van der Waals surface area (Å²) in [7, 11) is 0. The van der Waals surface area contributed by atoms with Crippen LogP contribution in [0.1, 0.15) is 57.8 Å². The van der Waals surface area contributed by atoms with Gasteiger partial charge in [0.1, 0.15) is 0 Å². The molecule has 2 unspecified atom stereocenters. The summed E-state index contributed by atoms with van der Waals surface area (Å²) in [5.41, 5.74) is 2.33. The molecule has 0 aliphatic heterocycles. The van der Waals surface area contributed by atoms with E-state index in [1.54, 1.807) is 12.1 Å². The molecule has 0 spiro atoms. The van der Waals surface area contributed by atoms with Crippen LogP contribution in [-0.2, 0) is 10.2 Å². The lowest BCUT2D eigenvalue weighted by molar-refractivity contribution is -0.130. The first-order valence-corrected chi connectivity index (χ1v) is 9.42. The van der Waals surface area contributed by atoms with Gasteiger partial charge in [-0.1, -0.05) is 37.0 Å². The maximum atomic E-state index is 13.2. The van der Waals surface area contributed by atoms with Crippen molar-refractivity contribution in [3.63, 3.8) is 0 Å². The fourth-order valence-electron chi connectivity index (χ4n) is 4.76. The summed E-state index contributed by atoms with van der Waals surface area (Å²) < 4.78 is 0. The number of amides is 1. The highest BCUT2D eigenvalue weighted by molar-refractivity contribution is 6.42. The number of carbonyl (C=O) groups excluding carboxylic acids is 1. The maximum Gasteiger partial charge on any atom is 0.233 e. The van der Waals surface area contributed by atoms with Crippen LogP contribution in [-0.4, -0.2) is 21.9 Å². The molecule has 1 saturated carbocycles. The van der Waals surface area contributed by atoms with E-state index in [4.69, 9.17) is 33.2 Å². The Morgan fingerprint density at radius 1 is 1.20 bits per heavy atom. The smallest absolute Gasteiger partial charge is 0.233 e. The predicted molar refractivity (Wildman–Crippen MR) is 100 cm³/mol. The number of fused-ring (bicyclic) bond motifs is 6. The van der Waals surface area contributed by atoms with E-state index in [9.17, 15) is 4.79 Å². The number of carbonyl (C=O) groups is 1. The van der Waals surface area contributed by atoms with Gasteiger partial charge in [-0.25, -0.2) is 9.97 Å². The fraction of sp³-hybridized carbons (Fsp3) is 0.526. The number of halogens is 2. The highest BCUT2D eigenvalue weighted by atomic mass is 35.5. The molecule has 1 fully saturated rings. The third kappa shape index (κ3) is 2.10. The van der Waals surface area contributed by atoms with Crippen molar-refractivity contribution in [2.24, 2.45) is 5.41 Å². The number of aromatic nitrogens is 2. The summed E-state index contributed by atoms with van der Waals surface area (Å²) in [6.45, 7) is 8.30. The first-order chi connectivity index (χ1) is 11.7. The normalized spacial score (nSPS) is 26.3. The van der Waals surface area contributed by atoms with Gasteiger partial charge < -0.3 is 5.32 Å². The van der Waals surface area contributed by atoms with Crippen LogP contribution in [0, 0.1) is 5.41 Å². The van der Waals surface area contributed by atoms with Crippen molar-refractivity contribution in [1.82, 2.24) is 15.3 Å². The lowest BCUT2D eigenvalue weighted by Crippen LogP contribution is -2.51. The van der Waals surface area contributed by atoms with Crippen molar-refractivity contribution in [2.75, 3.05) is 0 Å². The molecule has 1 heterocycles. The molecule has 2 atom stereocenters. The van der Waals surface area contributed by atoms with Crippen molar-refractivity contribution in [1.29, 1.82) is 0 Å². The number of hydrogen-bond acceptors (Lipinski definition) is 3. The van der Waals surface area contributed by atoms with Crippen LogP contribution in [0.25, 0.3) is 11.0 Å². The molecule has 1 aromatic heterocycles. The van der Waals surface area contributed by atoms with Gasteiger partial charge in [0.25, 0.3) is 0 Å². The molecule has 2 aliphatic carbocycles. The van der Waals surface area contributed by atoms with E-state index in [0.717, 1.165) is 29.7 Å². The number of hydrogen-bond donors (Lipinski definition) is 1. The van der Waals surface area contributed by atoms with E-state index >= 15 is 0 Å². The minimum Gasteiger partial charge on any atom is -0.353 e. The number of nitrogens with one attached hydrogen (secondary N) is 1. The molecule has 2 bridgehead atoms. The standard InChI is InChI=1S/C19H21Cl2N3O/c1-9(2)22-17(25)19-6-5-10(18(19,3)4)15-16(19)24-14-8-12(21)11(20)7-13(14)23-15/h7-10H,5-6H2,1-4H3,(H,22,25). The zero-order valence-corrected chi connectivity index (χ0v) is 16.3. The fourth-order valence-corrected chi connectivity index (χ4v) is 5.08. The van der Waals surface area contributed by atoms with E-state index in [2.05, 4.69) is 19.2 Å². The molecule has 25 heavy (non-hydrogen) atoms. The van der Waals surface area contributed by atoms with Gasteiger partial charge in [0.2, 0.25) is 5.91 Å². The van der Waals surface area contributed by atoms with Crippen LogP contribution >= 0.6 is 23.2 Å². The Morgan fingerprint density at radius 3 is 2.40 bits per heavy atom. The quantitative estimate of drug-likeness (QED) is 0.830. The predicted octanol–water partition coefficient (Wildman–Crippen LogP) is 4.62. The number of rotatable bonds is 2. The van der Waals surface area contributed by atoms with Crippen molar-refractivity contribution in [3.05, 3.63) is 33.6 Å². The number of benzene rings is 1. The van der Waals surface area contributed by atoms with Crippen molar-refractivity contribution >= 4 is 40.1 Å². The topological polar surface area (TPSA) is 54.9 Å². The Hall–Kier alpha value is -1.39. The third-order valence-electron chi connectivity index (χ3n) is 6.05. The van der Waals surface area contributed by atoms with Crippen molar-refractivity contribution in [3.8, 4) is 0 Å². The van der Waals surface area contributed by atoms with Gasteiger partial charge in [-0.05, 0) is 44.2 Å². The zero-order valence-electron chi connectivity index (χ0n) is 14.8. The molecule has 4 rings (SSSR count). The molecule has 132 valence electrons. The third-order valence-corrected chi connectivity index (χ3v) is 6.78. The van der Waals surface area contributed by atoms with Crippen LogP contribution in [0.2, 0.25) is 10.0 Å². The highest BCUT2D eigenvalue weighted by Crippen LogP contribution is 2.67. The van der Waals surface area contributed by atoms with Gasteiger partial charge in [0.15, 0.2) is 0 Å². The summed E-state index contributed by atoms with van der Waals surface area (Å²) in [6, 6.07) is 3.58. The molecule has 0 radical (unpaired) electrons.